The maximum Gasteiger partial charge on any atom is 0.313 e. The number of rotatable bonds is 5. The number of carboxylic acids is 1. The maximum absolute atomic E-state index is 11.7. The molecule has 4 heteroatoms. The fourth-order valence-corrected chi connectivity index (χ4v) is 2.39. The summed E-state index contributed by atoms with van der Waals surface area (Å²) >= 11 is 0. The zero-order valence-electron chi connectivity index (χ0n) is 11.3. The van der Waals surface area contributed by atoms with E-state index in [4.69, 9.17) is 4.74 Å². The molecule has 19 heavy (non-hydrogen) atoms. The number of carbonyl (C=O) groups is 1. The van der Waals surface area contributed by atoms with Gasteiger partial charge in [-0.25, -0.2) is 0 Å². The minimum absolute atomic E-state index is 0.617. The Morgan fingerprint density at radius 2 is 1.95 bits per heavy atom. The van der Waals surface area contributed by atoms with Crippen LogP contribution in [-0.2, 0) is 14.9 Å². The molecule has 1 aliphatic heterocycles. The predicted molar refractivity (Wildman–Crippen MR) is 73.3 cm³/mol. The number of hydrogen-bond donors (Lipinski definition) is 1. The first-order valence-electron chi connectivity index (χ1n) is 6.72. The van der Waals surface area contributed by atoms with Gasteiger partial charge in [-0.1, -0.05) is 30.3 Å². The summed E-state index contributed by atoms with van der Waals surface area (Å²) in [7, 11) is 0. The van der Waals surface area contributed by atoms with E-state index < -0.39 is 11.4 Å². The van der Waals surface area contributed by atoms with E-state index in [0.717, 1.165) is 38.4 Å². The molecular weight excluding hydrogens is 242 g/mol. The molecule has 0 aromatic heterocycles. The van der Waals surface area contributed by atoms with E-state index in [1.165, 1.54) is 0 Å². The van der Waals surface area contributed by atoms with Crippen LogP contribution in [-0.4, -0.2) is 48.8 Å². The van der Waals surface area contributed by atoms with Gasteiger partial charge in [-0.05, 0) is 25.5 Å². The van der Waals surface area contributed by atoms with Crippen molar-refractivity contribution in [1.82, 2.24) is 4.90 Å². The molecule has 0 radical (unpaired) electrons. The van der Waals surface area contributed by atoms with Crippen LogP contribution < -0.4 is 0 Å². The largest absolute Gasteiger partial charge is 0.481 e. The summed E-state index contributed by atoms with van der Waals surface area (Å²) in [6.45, 7) is 5.88. The molecule has 1 heterocycles. The van der Waals surface area contributed by atoms with Gasteiger partial charge in [0.05, 0.1) is 18.6 Å². The Morgan fingerprint density at radius 1 is 1.32 bits per heavy atom. The zero-order chi connectivity index (χ0) is 13.7. The number of benzene rings is 1. The molecule has 2 rings (SSSR count). The molecule has 104 valence electrons. The number of hydrogen-bond acceptors (Lipinski definition) is 3. The summed E-state index contributed by atoms with van der Waals surface area (Å²) in [6.07, 6.45) is 0.617. The van der Waals surface area contributed by atoms with Gasteiger partial charge in [0.2, 0.25) is 0 Å². The molecule has 1 aromatic carbocycles. The van der Waals surface area contributed by atoms with Gasteiger partial charge < -0.3 is 9.84 Å². The van der Waals surface area contributed by atoms with Gasteiger partial charge in [0, 0.05) is 13.1 Å². The second-order valence-corrected chi connectivity index (χ2v) is 5.21. The highest BCUT2D eigenvalue weighted by atomic mass is 16.5. The van der Waals surface area contributed by atoms with Crippen LogP contribution >= 0.6 is 0 Å². The molecule has 1 saturated heterocycles. The van der Waals surface area contributed by atoms with Crippen LogP contribution in [0.3, 0.4) is 0 Å². The third-order valence-corrected chi connectivity index (χ3v) is 3.91. The molecule has 0 bridgehead atoms. The fraction of sp³-hybridized carbons (Fsp3) is 0.533. The molecular formula is C15H21NO3. The minimum Gasteiger partial charge on any atom is -0.481 e. The Morgan fingerprint density at radius 3 is 2.53 bits per heavy atom. The zero-order valence-corrected chi connectivity index (χ0v) is 11.3. The van der Waals surface area contributed by atoms with Gasteiger partial charge in [-0.15, -0.1) is 0 Å². The lowest BCUT2D eigenvalue weighted by molar-refractivity contribution is -0.143. The van der Waals surface area contributed by atoms with E-state index in [-0.39, 0.29) is 0 Å². The van der Waals surface area contributed by atoms with Gasteiger partial charge in [0.15, 0.2) is 0 Å². The van der Waals surface area contributed by atoms with Crippen LogP contribution in [0.2, 0.25) is 0 Å². The van der Waals surface area contributed by atoms with Crippen LogP contribution in [0.25, 0.3) is 0 Å². The maximum atomic E-state index is 11.7. The fourth-order valence-electron chi connectivity index (χ4n) is 2.39. The average molecular weight is 263 g/mol. The second kappa shape index (κ2) is 6.17. The first-order chi connectivity index (χ1) is 9.13. The topological polar surface area (TPSA) is 49.8 Å². The molecule has 1 aliphatic rings. The Labute approximate surface area is 114 Å². The van der Waals surface area contributed by atoms with Crippen LogP contribution in [0.1, 0.15) is 18.9 Å². The highest BCUT2D eigenvalue weighted by Crippen LogP contribution is 2.28. The van der Waals surface area contributed by atoms with E-state index in [9.17, 15) is 9.90 Å². The van der Waals surface area contributed by atoms with E-state index in [1.807, 2.05) is 37.3 Å². The van der Waals surface area contributed by atoms with Crippen molar-refractivity contribution in [3.63, 3.8) is 0 Å². The lowest BCUT2D eigenvalue weighted by Crippen LogP contribution is -2.41. The van der Waals surface area contributed by atoms with Gasteiger partial charge in [0.25, 0.3) is 0 Å². The van der Waals surface area contributed by atoms with Gasteiger partial charge in [-0.3, -0.25) is 9.69 Å². The van der Waals surface area contributed by atoms with Crippen molar-refractivity contribution >= 4 is 5.97 Å². The number of morpholine rings is 1. The van der Waals surface area contributed by atoms with Crippen molar-refractivity contribution in [1.29, 1.82) is 0 Å². The van der Waals surface area contributed by atoms with E-state index in [0.29, 0.717) is 6.42 Å². The lowest BCUT2D eigenvalue weighted by atomic mass is 9.79. The summed E-state index contributed by atoms with van der Waals surface area (Å²) < 4.78 is 5.31. The predicted octanol–water partition coefficient (Wildman–Crippen LogP) is 1.75. The first kappa shape index (κ1) is 14.0. The number of aliphatic carboxylic acids is 1. The Kier molecular flexibility index (Phi) is 4.56. The van der Waals surface area contributed by atoms with Crippen molar-refractivity contribution in [2.24, 2.45) is 0 Å². The molecule has 0 saturated carbocycles. The third kappa shape index (κ3) is 3.33. The summed E-state index contributed by atoms with van der Waals surface area (Å²) in [4.78, 5) is 13.9. The molecule has 0 aliphatic carbocycles. The molecule has 1 fully saturated rings. The lowest BCUT2D eigenvalue weighted by Gasteiger charge is -2.31. The molecule has 1 unspecified atom stereocenters. The molecule has 1 N–H and O–H groups in total. The SMILES string of the molecule is CC(CCN1CCOCC1)(C(=O)O)c1ccccc1. The van der Waals surface area contributed by atoms with E-state index >= 15 is 0 Å². The number of ether oxygens (including phenoxy) is 1. The molecule has 1 atom stereocenters. The summed E-state index contributed by atoms with van der Waals surface area (Å²) in [5.41, 5.74) is 0.0512. The van der Waals surface area contributed by atoms with Crippen LogP contribution in [0.4, 0.5) is 0 Å². The Bertz CT molecular complexity index is 415. The van der Waals surface area contributed by atoms with Crippen LogP contribution in [0.5, 0.6) is 0 Å². The van der Waals surface area contributed by atoms with Gasteiger partial charge in [-0.2, -0.15) is 0 Å². The summed E-state index contributed by atoms with van der Waals surface area (Å²) in [5.74, 6) is -0.757. The first-order valence-corrected chi connectivity index (χ1v) is 6.72. The highest BCUT2D eigenvalue weighted by Gasteiger charge is 2.35. The standard InChI is InChI=1S/C15H21NO3/c1-15(14(17)18,13-5-3-2-4-6-13)7-8-16-9-11-19-12-10-16/h2-6H,7-12H2,1H3,(H,17,18). The second-order valence-electron chi connectivity index (χ2n) is 5.21. The van der Waals surface area contributed by atoms with E-state index in [2.05, 4.69) is 4.90 Å². The van der Waals surface area contributed by atoms with Crippen molar-refractivity contribution in [3.8, 4) is 0 Å². The third-order valence-electron chi connectivity index (χ3n) is 3.91. The van der Waals surface area contributed by atoms with Gasteiger partial charge in [0.1, 0.15) is 0 Å². The molecule has 0 spiro atoms. The highest BCUT2D eigenvalue weighted by molar-refractivity contribution is 5.80. The van der Waals surface area contributed by atoms with Crippen LogP contribution in [0, 0.1) is 0 Å². The van der Waals surface area contributed by atoms with Gasteiger partial charge >= 0.3 is 5.97 Å². The van der Waals surface area contributed by atoms with Crippen molar-refractivity contribution in [3.05, 3.63) is 35.9 Å². The van der Waals surface area contributed by atoms with Crippen molar-refractivity contribution in [2.75, 3.05) is 32.8 Å². The summed E-state index contributed by atoms with van der Waals surface area (Å²) in [5, 5.41) is 9.57. The average Bonchev–Trinajstić information content (AvgIpc) is 2.46. The van der Waals surface area contributed by atoms with Crippen LogP contribution in [0.15, 0.2) is 30.3 Å². The van der Waals surface area contributed by atoms with Crippen molar-refractivity contribution in [2.45, 2.75) is 18.8 Å². The Balaban J connectivity index is 2.05. The summed E-state index contributed by atoms with van der Waals surface area (Å²) in [6, 6.07) is 9.49. The monoisotopic (exact) mass is 263 g/mol. The smallest absolute Gasteiger partial charge is 0.313 e. The minimum atomic E-state index is -0.820. The molecule has 1 aromatic rings. The van der Waals surface area contributed by atoms with E-state index in [1.54, 1.807) is 0 Å². The quantitative estimate of drug-likeness (QED) is 0.879. The normalized spacial score (nSPS) is 19.8. The molecule has 0 amide bonds. The number of nitrogens with zero attached hydrogens (tertiary/aromatic N) is 1. The number of carboxylic acid groups (broad SMARTS) is 1. The Hall–Kier alpha value is -1.39. The van der Waals surface area contributed by atoms with Crippen molar-refractivity contribution < 1.29 is 14.6 Å². The molecule has 4 nitrogen and oxygen atoms in total.